The van der Waals surface area contributed by atoms with Gasteiger partial charge >= 0.3 is 0 Å². The largest absolute Gasteiger partial charge is 0.447 e. The zero-order valence-electron chi connectivity index (χ0n) is 17.8. The molecule has 0 spiro atoms. The predicted molar refractivity (Wildman–Crippen MR) is 122 cm³/mol. The summed E-state index contributed by atoms with van der Waals surface area (Å²) in [6.45, 7) is 5.27. The summed E-state index contributed by atoms with van der Waals surface area (Å²) in [5.74, 6) is -0.0218. The first kappa shape index (κ1) is 20.6. The first-order valence-corrected chi connectivity index (χ1v) is 11.0. The van der Waals surface area contributed by atoms with Crippen molar-refractivity contribution < 1.29 is 9.21 Å². The van der Waals surface area contributed by atoms with E-state index in [9.17, 15) is 9.70 Å². The number of aryl methyl sites for hydroxylation is 1. The van der Waals surface area contributed by atoms with Gasteiger partial charge in [0, 0.05) is 56.5 Å². The van der Waals surface area contributed by atoms with E-state index >= 15 is 0 Å². The molecular weight excluding hydrogens is 408 g/mol. The molecule has 0 bridgehead atoms. The molecule has 3 aromatic rings. The fourth-order valence-corrected chi connectivity index (χ4v) is 4.50. The number of amides is 1. The van der Waals surface area contributed by atoms with Crippen LogP contribution in [0.25, 0.3) is 11.0 Å². The van der Waals surface area contributed by atoms with Gasteiger partial charge in [0.05, 0.1) is 11.9 Å². The number of hydrogen-bond donors (Lipinski definition) is 3. The second-order valence-electron chi connectivity index (χ2n) is 8.22. The van der Waals surface area contributed by atoms with Crippen LogP contribution in [-0.4, -0.2) is 55.1 Å². The minimum atomic E-state index is -0.267. The zero-order valence-corrected chi connectivity index (χ0v) is 17.8. The van der Waals surface area contributed by atoms with Crippen LogP contribution in [0, 0.1) is 4.91 Å². The molecule has 2 aliphatic rings. The third-order valence-corrected chi connectivity index (χ3v) is 6.21. The highest BCUT2D eigenvalue weighted by molar-refractivity contribution is 6.07. The molecule has 9 heteroatoms. The quantitative estimate of drug-likeness (QED) is 0.490. The third kappa shape index (κ3) is 4.09. The van der Waals surface area contributed by atoms with E-state index in [1.165, 1.54) is 0 Å². The predicted octanol–water partition coefficient (Wildman–Crippen LogP) is 2.96. The van der Waals surface area contributed by atoms with Gasteiger partial charge in [-0.15, -0.1) is 0 Å². The van der Waals surface area contributed by atoms with Crippen molar-refractivity contribution in [2.45, 2.75) is 18.9 Å². The van der Waals surface area contributed by atoms with Crippen LogP contribution in [0.15, 0.2) is 46.3 Å². The standard InChI is InChI=1S/C23H26N6O3/c30-23(26-9-12-29-10-7-24-8-11-29)22-21(18-5-6-25-14-20(18)32-22)27-16-2-3-17-15(13-16)1-4-19(17)28-31/h2-3,5-6,13-14,19,24,27H,1,4,7-12H2,(H,26,30). The number of nitrogens with one attached hydrogen (secondary N) is 3. The van der Waals surface area contributed by atoms with Crippen molar-refractivity contribution in [3.05, 3.63) is 58.5 Å². The van der Waals surface area contributed by atoms with Gasteiger partial charge in [0.25, 0.3) is 5.91 Å². The van der Waals surface area contributed by atoms with Crippen LogP contribution in [0.3, 0.4) is 0 Å². The van der Waals surface area contributed by atoms with Crippen LogP contribution < -0.4 is 16.0 Å². The normalized spacial score (nSPS) is 18.4. The Kier molecular flexibility index (Phi) is 5.83. The van der Waals surface area contributed by atoms with Crippen LogP contribution in [0.4, 0.5) is 11.4 Å². The molecular formula is C23H26N6O3. The van der Waals surface area contributed by atoms with E-state index in [4.69, 9.17) is 4.42 Å². The molecule has 3 heterocycles. The van der Waals surface area contributed by atoms with E-state index in [1.54, 1.807) is 12.4 Å². The van der Waals surface area contributed by atoms with E-state index in [2.05, 4.69) is 31.0 Å². The number of nitrogens with zero attached hydrogens (tertiary/aromatic N) is 3. The van der Waals surface area contributed by atoms with Crippen molar-refractivity contribution in [1.82, 2.24) is 20.5 Å². The molecule has 1 amide bonds. The molecule has 166 valence electrons. The van der Waals surface area contributed by atoms with Gasteiger partial charge in [0.1, 0.15) is 6.04 Å². The Balaban J connectivity index is 1.36. The molecule has 1 fully saturated rings. The number of rotatable bonds is 7. The van der Waals surface area contributed by atoms with Crippen molar-refractivity contribution in [3.63, 3.8) is 0 Å². The monoisotopic (exact) mass is 434 g/mol. The maximum Gasteiger partial charge on any atom is 0.289 e. The average molecular weight is 435 g/mol. The van der Waals surface area contributed by atoms with E-state index in [1.807, 2.05) is 24.3 Å². The summed E-state index contributed by atoms with van der Waals surface area (Å²) in [5.41, 5.74) is 4.09. The molecule has 0 saturated carbocycles. The molecule has 5 rings (SSSR count). The third-order valence-electron chi connectivity index (χ3n) is 6.21. The van der Waals surface area contributed by atoms with Gasteiger partial charge in [0.15, 0.2) is 5.58 Å². The minimum absolute atomic E-state index is 0.237. The number of aromatic nitrogens is 1. The summed E-state index contributed by atoms with van der Waals surface area (Å²) in [7, 11) is 0. The van der Waals surface area contributed by atoms with Gasteiger partial charge in [-0.2, -0.15) is 4.91 Å². The van der Waals surface area contributed by atoms with Crippen LogP contribution >= 0.6 is 0 Å². The number of piperazine rings is 1. The number of hydrogen-bond acceptors (Lipinski definition) is 8. The zero-order chi connectivity index (χ0) is 21.9. The molecule has 1 aliphatic heterocycles. The van der Waals surface area contributed by atoms with Crippen LogP contribution in [0.5, 0.6) is 0 Å². The lowest BCUT2D eigenvalue weighted by Gasteiger charge is -2.27. The van der Waals surface area contributed by atoms with Gasteiger partial charge in [-0.1, -0.05) is 11.2 Å². The number of anilines is 2. The van der Waals surface area contributed by atoms with Gasteiger partial charge in [-0.05, 0) is 42.2 Å². The van der Waals surface area contributed by atoms with Crippen molar-refractivity contribution >= 4 is 28.3 Å². The summed E-state index contributed by atoms with van der Waals surface area (Å²) in [6, 6.07) is 7.43. The van der Waals surface area contributed by atoms with E-state index < -0.39 is 0 Å². The van der Waals surface area contributed by atoms with Crippen LogP contribution in [0.1, 0.15) is 34.1 Å². The Hall–Kier alpha value is -3.30. The molecule has 1 aromatic carbocycles. The summed E-state index contributed by atoms with van der Waals surface area (Å²) in [5, 5.41) is 13.7. The number of pyridine rings is 1. The fraction of sp³-hybridized carbons (Fsp3) is 0.391. The first-order chi connectivity index (χ1) is 15.7. The highest BCUT2D eigenvalue weighted by atomic mass is 16.3. The second-order valence-corrected chi connectivity index (χ2v) is 8.22. The van der Waals surface area contributed by atoms with E-state index in [-0.39, 0.29) is 17.7 Å². The van der Waals surface area contributed by atoms with Gasteiger partial charge in [-0.3, -0.25) is 14.7 Å². The molecule has 32 heavy (non-hydrogen) atoms. The second kappa shape index (κ2) is 9.05. The lowest BCUT2D eigenvalue weighted by molar-refractivity contribution is 0.0923. The van der Waals surface area contributed by atoms with Gasteiger partial charge < -0.3 is 20.4 Å². The maximum absolute atomic E-state index is 13.0. The summed E-state index contributed by atoms with van der Waals surface area (Å²) in [4.78, 5) is 30.5. The molecule has 9 nitrogen and oxygen atoms in total. The SMILES string of the molecule is O=NC1CCc2cc(Nc3c(C(=O)NCCN4CCNCC4)oc4cnccc34)ccc21. The fourth-order valence-electron chi connectivity index (χ4n) is 4.50. The number of nitroso groups, excluding NO2 is 1. The number of benzene rings is 1. The lowest BCUT2D eigenvalue weighted by atomic mass is 10.1. The van der Waals surface area contributed by atoms with Crippen molar-refractivity contribution in [1.29, 1.82) is 0 Å². The van der Waals surface area contributed by atoms with Gasteiger partial charge in [0.2, 0.25) is 5.76 Å². The Bertz CT molecular complexity index is 1140. The van der Waals surface area contributed by atoms with E-state index in [0.717, 1.165) is 67.8 Å². The molecule has 2 aromatic heterocycles. The number of furan rings is 1. The average Bonchev–Trinajstić information content (AvgIpc) is 3.41. The Morgan fingerprint density at radius 2 is 2.16 bits per heavy atom. The number of carbonyl (C=O) groups excluding carboxylic acids is 1. The molecule has 3 N–H and O–H groups in total. The summed E-state index contributed by atoms with van der Waals surface area (Å²) in [6.07, 6.45) is 4.85. The number of fused-ring (bicyclic) bond motifs is 2. The minimum Gasteiger partial charge on any atom is -0.447 e. The van der Waals surface area contributed by atoms with Crippen molar-refractivity contribution in [2.24, 2.45) is 5.18 Å². The van der Waals surface area contributed by atoms with Crippen LogP contribution in [-0.2, 0) is 6.42 Å². The Morgan fingerprint density at radius 1 is 1.28 bits per heavy atom. The Morgan fingerprint density at radius 3 is 3.00 bits per heavy atom. The van der Waals surface area contributed by atoms with Crippen molar-refractivity contribution in [3.8, 4) is 0 Å². The molecule has 1 saturated heterocycles. The topological polar surface area (TPSA) is 112 Å². The summed E-state index contributed by atoms with van der Waals surface area (Å²) < 4.78 is 5.89. The van der Waals surface area contributed by atoms with Gasteiger partial charge in [-0.25, -0.2) is 0 Å². The van der Waals surface area contributed by atoms with Crippen LogP contribution in [0.2, 0.25) is 0 Å². The Labute approximate surface area is 185 Å². The summed E-state index contributed by atoms with van der Waals surface area (Å²) >= 11 is 0. The van der Waals surface area contributed by atoms with Crippen molar-refractivity contribution in [2.75, 3.05) is 44.6 Å². The smallest absolute Gasteiger partial charge is 0.289 e. The lowest BCUT2D eigenvalue weighted by Crippen LogP contribution is -2.46. The highest BCUT2D eigenvalue weighted by Gasteiger charge is 2.25. The maximum atomic E-state index is 13.0. The van der Waals surface area contributed by atoms with E-state index in [0.29, 0.717) is 17.8 Å². The molecule has 1 atom stereocenters. The molecule has 0 radical (unpaired) electrons. The highest BCUT2D eigenvalue weighted by Crippen LogP contribution is 2.37. The molecule has 1 aliphatic carbocycles. The first-order valence-electron chi connectivity index (χ1n) is 11.0. The number of carbonyl (C=O) groups is 1. The molecule has 1 unspecified atom stereocenters.